The molecule has 0 spiro atoms. The minimum absolute atomic E-state index is 0.304. The molecule has 34 heavy (non-hydrogen) atoms. The van der Waals surface area contributed by atoms with E-state index in [9.17, 15) is 9.18 Å². The Morgan fingerprint density at radius 3 is 2.68 bits per heavy atom. The molecule has 4 aromatic rings. The van der Waals surface area contributed by atoms with E-state index >= 15 is 0 Å². The van der Waals surface area contributed by atoms with E-state index in [0.29, 0.717) is 28.6 Å². The zero-order chi connectivity index (χ0) is 24.1. The second kappa shape index (κ2) is 10.2. The van der Waals surface area contributed by atoms with Crippen LogP contribution in [0.3, 0.4) is 0 Å². The SMILES string of the molecule is C=CC(=O)Nc1cccc(OC)c1Nc1cc(-c2nc(SC)[nH]c2-c2ccc(F)cc2)ccn1. The van der Waals surface area contributed by atoms with Gasteiger partial charge in [-0.2, -0.15) is 0 Å². The quantitative estimate of drug-likeness (QED) is 0.218. The van der Waals surface area contributed by atoms with Crippen LogP contribution in [-0.2, 0) is 4.79 Å². The first kappa shape index (κ1) is 23.1. The fourth-order valence-electron chi connectivity index (χ4n) is 3.37. The van der Waals surface area contributed by atoms with Crippen molar-refractivity contribution in [3.05, 3.63) is 79.3 Å². The van der Waals surface area contributed by atoms with Crippen LogP contribution in [0, 0.1) is 5.82 Å². The van der Waals surface area contributed by atoms with Crippen LogP contribution in [0.15, 0.2) is 78.6 Å². The van der Waals surface area contributed by atoms with Crippen LogP contribution < -0.4 is 15.4 Å². The molecule has 0 saturated heterocycles. The molecule has 2 aromatic carbocycles. The molecule has 0 fully saturated rings. The zero-order valence-corrected chi connectivity index (χ0v) is 19.4. The van der Waals surface area contributed by atoms with Gasteiger partial charge in [0.2, 0.25) is 5.91 Å². The van der Waals surface area contributed by atoms with Crippen LogP contribution in [0.1, 0.15) is 0 Å². The summed E-state index contributed by atoms with van der Waals surface area (Å²) in [5.74, 6) is 0.407. The molecule has 7 nitrogen and oxygen atoms in total. The maximum Gasteiger partial charge on any atom is 0.247 e. The van der Waals surface area contributed by atoms with Crippen molar-refractivity contribution in [3.63, 3.8) is 0 Å². The molecule has 1 amide bonds. The summed E-state index contributed by atoms with van der Waals surface area (Å²) in [5, 5.41) is 6.75. The maximum atomic E-state index is 13.5. The molecule has 0 aliphatic rings. The van der Waals surface area contributed by atoms with Gasteiger partial charge in [0.05, 0.1) is 24.2 Å². The number of ether oxygens (including phenoxy) is 1. The van der Waals surface area contributed by atoms with Gasteiger partial charge < -0.3 is 20.4 Å². The number of rotatable bonds is 8. The van der Waals surface area contributed by atoms with E-state index in [4.69, 9.17) is 9.72 Å². The lowest BCUT2D eigenvalue weighted by molar-refractivity contribution is -0.111. The number of nitrogens with zero attached hydrogens (tertiary/aromatic N) is 2. The third-order valence-electron chi connectivity index (χ3n) is 4.98. The van der Waals surface area contributed by atoms with E-state index in [2.05, 4.69) is 27.2 Å². The number of nitrogens with one attached hydrogen (secondary N) is 3. The van der Waals surface area contributed by atoms with Crippen molar-refractivity contribution >= 4 is 34.9 Å². The number of benzene rings is 2. The van der Waals surface area contributed by atoms with Crippen LogP contribution in [0.2, 0.25) is 0 Å². The fourth-order valence-corrected chi connectivity index (χ4v) is 3.76. The highest BCUT2D eigenvalue weighted by Gasteiger charge is 2.16. The average Bonchev–Trinajstić information content (AvgIpc) is 3.30. The Balaban J connectivity index is 1.74. The van der Waals surface area contributed by atoms with Crippen molar-refractivity contribution in [2.24, 2.45) is 0 Å². The van der Waals surface area contributed by atoms with Gasteiger partial charge in [0.25, 0.3) is 0 Å². The highest BCUT2D eigenvalue weighted by molar-refractivity contribution is 7.98. The summed E-state index contributed by atoms with van der Waals surface area (Å²) in [6, 6.07) is 15.2. The third-order valence-corrected chi connectivity index (χ3v) is 5.56. The Morgan fingerprint density at radius 2 is 1.97 bits per heavy atom. The molecule has 172 valence electrons. The maximum absolute atomic E-state index is 13.5. The number of thioether (sulfide) groups is 1. The molecule has 2 heterocycles. The summed E-state index contributed by atoms with van der Waals surface area (Å²) in [6.07, 6.45) is 4.79. The Hall–Kier alpha value is -4.11. The first-order valence-corrected chi connectivity index (χ1v) is 11.5. The van der Waals surface area contributed by atoms with Crippen molar-refractivity contribution in [1.29, 1.82) is 0 Å². The third kappa shape index (κ3) is 4.94. The number of methoxy groups -OCH3 is 1. The van der Waals surface area contributed by atoms with Crippen LogP contribution in [0.5, 0.6) is 5.75 Å². The number of pyridine rings is 1. The molecule has 0 radical (unpaired) electrons. The fraction of sp³-hybridized carbons (Fsp3) is 0.0800. The highest BCUT2D eigenvalue weighted by atomic mass is 32.2. The van der Waals surface area contributed by atoms with E-state index < -0.39 is 0 Å². The summed E-state index contributed by atoms with van der Waals surface area (Å²) < 4.78 is 18.9. The van der Waals surface area contributed by atoms with Crippen LogP contribution in [-0.4, -0.2) is 34.2 Å². The summed E-state index contributed by atoms with van der Waals surface area (Å²) in [5.41, 5.74) is 4.18. The first-order chi connectivity index (χ1) is 16.5. The van der Waals surface area contributed by atoms with E-state index in [-0.39, 0.29) is 11.7 Å². The number of para-hydroxylation sites is 1. The number of imidazole rings is 1. The van der Waals surface area contributed by atoms with Gasteiger partial charge in [-0.25, -0.2) is 14.4 Å². The number of halogens is 1. The lowest BCUT2D eigenvalue weighted by atomic mass is 10.1. The normalized spacial score (nSPS) is 10.6. The van der Waals surface area contributed by atoms with E-state index in [0.717, 1.165) is 22.0 Å². The number of carbonyl (C=O) groups is 1. The molecule has 0 saturated carbocycles. The molecule has 0 unspecified atom stereocenters. The lowest BCUT2D eigenvalue weighted by Gasteiger charge is -2.16. The number of hydrogen-bond donors (Lipinski definition) is 3. The van der Waals surface area contributed by atoms with Gasteiger partial charge in [0.15, 0.2) is 5.16 Å². The second-order valence-corrected chi connectivity index (χ2v) is 7.90. The van der Waals surface area contributed by atoms with Crippen molar-refractivity contribution in [2.75, 3.05) is 24.0 Å². The molecule has 3 N–H and O–H groups in total. The molecule has 0 aliphatic carbocycles. The molecule has 2 aromatic heterocycles. The minimum Gasteiger partial charge on any atom is -0.494 e. The predicted molar refractivity (Wildman–Crippen MR) is 134 cm³/mol. The average molecular weight is 476 g/mol. The highest BCUT2D eigenvalue weighted by Crippen LogP contribution is 2.37. The number of anilines is 3. The van der Waals surface area contributed by atoms with E-state index in [1.54, 1.807) is 43.6 Å². The van der Waals surface area contributed by atoms with Crippen molar-refractivity contribution < 1.29 is 13.9 Å². The van der Waals surface area contributed by atoms with Crippen molar-refractivity contribution in [3.8, 4) is 28.3 Å². The van der Waals surface area contributed by atoms with Gasteiger partial charge in [0, 0.05) is 17.3 Å². The van der Waals surface area contributed by atoms with Gasteiger partial charge in [-0.1, -0.05) is 24.4 Å². The topological polar surface area (TPSA) is 91.9 Å². The number of carbonyl (C=O) groups excluding carboxylic acids is 1. The molecular weight excluding hydrogens is 453 g/mol. The van der Waals surface area contributed by atoms with Crippen molar-refractivity contribution in [2.45, 2.75) is 5.16 Å². The number of aromatic amines is 1. The number of aromatic nitrogens is 3. The zero-order valence-electron chi connectivity index (χ0n) is 18.6. The minimum atomic E-state index is -0.344. The van der Waals surface area contributed by atoms with Crippen LogP contribution in [0.25, 0.3) is 22.5 Å². The summed E-state index contributed by atoms with van der Waals surface area (Å²) in [7, 11) is 1.55. The number of amides is 1. The van der Waals surface area contributed by atoms with E-state index in [1.165, 1.54) is 30.0 Å². The van der Waals surface area contributed by atoms with Gasteiger partial charge >= 0.3 is 0 Å². The predicted octanol–water partition coefficient (Wildman–Crippen LogP) is 5.88. The largest absolute Gasteiger partial charge is 0.494 e. The van der Waals surface area contributed by atoms with E-state index in [1.807, 2.05) is 18.4 Å². The van der Waals surface area contributed by atoms with Crippen LogP contribution in [0.4, 0.5) is 21.6 Å². The van der Waals surface area contributed by atoms with Gasteiger partial charge in [-0.15, -0.1) is 0 Å². The molecule has 0 atom stereocenters. The van der Waals surface area contributed by atoms with Crippen LogP contribution >= 0.6 is 11.8 Å². The summed E-state index contributed by atoms with van der Waals surface area (Å²) in [6.45, 7) is 3.50. The smallest absolute Gasteiger partial charge is 0.247 e. The number of H-pyrrole nitrogens is 1. The van der Waals surface area contributed by atoms with Crippen molar-refractivity contribution in [1.82, 2.24) is 15.0 Å². The van der Waals surface area contributed by atoms with Gasteiger partial charge in [0.1, 0.15) is 23.1 Å². The van der Waals surface area contributed by atoms with Gasteiger partial charge in [-0.05, 0) is 60.9 Å². The monoisotopic (exact) mass is 475 g/mol. The molecular formula is C25H22FN5O2S. The first-order valence-electron chi connectivity index (χ1n) is 10.3. The number of hydrogen-bond acceptors (Lipinski definition) is 6. The molecule has 0 aliphatic heterocycles. The molecule has 9 heteroatoms. The lowest BCUT2D eigenvalue weighted by Crippen LogP contribution is -2.10. The second-order valence-electron chi connectivity index (χ2n) is 7.11. The molecule has 4 rings (SSSR count). The Labute approximate surface area is 200 Å². The Kier molecular flexibility index (Phi) is 6.93. The Morgan fingerprint density at radius 1 is 1.18 bits per heavy atom. The van der Waals surface area contributed by atoms with Gasteiger partial charge in [-0.3, -0.25) is 4.79 Å². The Bertz CT molecular complexity index is 1340. The standard InChI is InChI=1S/C25H22FN5O2S/c1-4-21(32)28-18-6-5-7-19(33-2)24(18)29-20-14-16(12-13-27-20)23-22(30-25(31-23)34-3)15-8-10-17(26)11-9-15/h4-14H,1H2,2-3H3,(H,27,29)(H,28,32)(H,30,31). The summed E-state index contributed by atoms with van der Waals surface area (Å²) in [4.78, 5) is 24.3. The summed E-state index contributed by atoms with van der Waals surface area (Å²) >= 11 is 1.48. The molecule has 0 bridgehead atoms.